The van der Waals surface area contributed by atoms with Crippen molar-refractivity contribution >= 4 is 17.3 Å². The molecule has 1 saturated heterocycles. The number of nitrogen functional groups attached to an aromatic ring is 1. The van der Waals surface area contributed by atoms with Gasteiger partial charge in [-0.3, -0.25) is 0 Å². The average molecular weight is 290 g/mol. The van der Waals surface area contributed by atoms with Crippen LogP contribution in [0.15, 0.2) is 18.2 Å². The topological polar surface area (TPSA) is 55.6 Å². The van der Waals surface area contributed by atoms with Crippen molar-refractivity contribution in [3.63, 3.8) is 0 Å². The van der Waals surface area contributed by atoms with Crippen LogP contribution in [0.5, 0.6) is 0 Å². The molecule has 1 aliphatic heterocycles. The Morgan fingerprint density at radius 1 is 1.38 bits per heavy atom. The van der Waals surface area contributed by atoms with Crippen molar-refractivity contribution in [1.29, 1.82) is 0 Å². The lowest BCUT2D eigenvalue weighted by Crippen LogP contribution is -2.35. The molecule has 0 amide bonds. The van der Waals surface area contributed by atoms with Gasteiger partial charge in [-0.2, -0.15) is 0 Å². The van der Waals surface area contributed by atoms with Crippen molar-refractivity contribution < 1.29 is 9.53 Å². The predicted octanol–water partition coefficient (Wildman–Crippen LogP) is 3.32. The zero-order chi connectivity index (χ0) is 15.4. The summed E-state index contributed by atoms with van der Waals surface area (Å²) in [6, 6.07) is 5.61. The Hall–Kier alpha value is -1.71. The Bertz CT molecular complexity index is 492. The van der Waals surface area contributed by atoms with Crippen molar-refractivity contribution in [3.05, 3.63) is 23.8 Å². The van der Waals surface area contributed by atoms with Crippen LogP contribution < -0.4 is 10.6 Å². The molecular weight excluding hydrogens is 264 g/mol. The lowest BCUT2D eigenvalue weighted by Gasteiger charge is -2.36. The van der Waals surface area contributed by atoms with E-state index in [2.05, 4.69) is 18.7 Å². The maximum Gasteiger partial charge on any atom is 0.340 e. The van der Waals surface area contributed by atoms with Gasteiger partial charge in [-0.25, -0.2) is 4.79 Å². The maximum atomic E-state index is 11.9. The van der Waals surface area contributed by atoms with Crippen molar-refractivity contribution in [1.82, 2.24) is 0 Å². The number of nitrogens with zero attached hydrogens (tertiary/aromatic N) is 1. The minimum atomic E-state index is -0.339. The highest BCUT2D eigenvalue weighted by Crippen LogP contribution is 2.32. The second-order valence-electron chi connectivity index (χ2n) is 6.03. The number of hydrogen-bond acceptors (Lipinski definition) is 4. The first-order valence-electron chi connectivity index (χ1n) is 7.85. The summed E-state index contributed by atoms with van der Waals surface area (Å²) in [6.07, 6.45) is 2.36. The molecule has 21 heavy (non-hydrogen) atoms. The van der Waals surface area contributed by atoms with Crippen LogP contribution in [-0.4, -0.2) is 25.7 Å². The second kappa shape index (κ2) is 6.83. The fourth-order valence-electron chi connectivity index (χ4n) is 3.02. The van der Waals surface area contributed by atoms with Crippen LogP contribution in [0.2, 0.25) is 0 Å². The molecule has 2 N–H and O–H groups in total. The monoisotopic (exact) mass is 290 g/mol. The Balaban J connectivity index is 2.14. The van der Waals surface area contributed by atoms with Gasteiger partial charge in [0, 0.05) is 13.1 Å². The van der Waals surface area contributed by atoms with Gasteiger partial charge < -0.3 is 15.4 Å². The highest BCUT2D eigenvalue weighted by atomic mass is 16.5. The molecule has 0 spiro atoms. The molecule has 4 heteroatoms. The molecule has 0 atom stereocenters. The molecule has 116 valence electrons. The Morgan fingerprint density at radius 2 is 2.05 bits per heavy atom. The van der Waals surface area contributed by atoms with E-state index in [-0.39, 0.29) is 5.97 Å². The molecule has 0 radical (unpaired) electrons. The number of anilines is 2. The summed E-state index contributed by atoms with van der Waals surface area (Å²) in [7, 11) is 0. The van der Waals surface area contributed by atoms with Crippen molar-refractivity contribution in [2.75, 3.05) is 30.3 Å². The first-order valence-corrected chi connectivity index (χ1v) is 7.85. The number of para-hydroxylation sites is 1. The number of carbonyl (C=O) groups excluding carboxylic acids is 1. The molecule has 1 heterocycles. The quantitative estimate of drug-likeness (QED) is 0.682. The summed E-state index contributed by atoms with van der Waals surface area (Å²) >= 11 is 0. The van der Waals surface area contributed by atoms with Gasteiger partial charge >= 0.3 is 5.97 Å². The van der Waals surface area contributed by atoms with E-state index in [1.165, 1.54) is 12.8 Å². The summed E-state index contributed by atoms with van der Waals surface area (Å²) in [5.41, 5.74) is 8.17. The summed E-state index contributed by atoms with van der Waals surface area (Å²) in [4.78, 5) is 14.2. The highest BCUT2D eigenvalue weighted by molar-refractivity contribution is 5.98. The van der Waals surface area contributed by atoms with Gasteiger partial charge in [-0.15, -0.1) is 0 Å². The number of ether oxygens (including phenoxy) is 1. The minimum absolute atomic E-state index is 0.339. The van der Waals surface area contributed by atoms with Gasteiger partial charge in [0.2, 0.25) is 0 Å². The highest BCUT2D eigenvalue weighted by Gasteiger charge is 2.24. The van der Waals surface area contributed by atoms with Gasteiger partial charge in [0.05, 0.1) is 23.5 Å². The third kappa shape index (κ3) is 3.49. The number of carbonyl (C=O) groups is 1. The SMILES string of the molecule is CCOC(=O)c1cccc(N2CCC(C(C)C)CC2)c1N. The fourth-order valence-corrected chi connectivity index (χ4v) is 3.02. The Labute approximate surface area is 127 Å². The second-order valence-corrected chi connectivity index (χ2v) is 6.03. The van der Waals surface area contributed by atoms with Crippen LogP contribution in [0.4, 0.5) is 11.4 Å². The first-order chi connectivity index (χ1) is 10.0. The van der Waals surface area contributed by atoms with E-state index in [1.807, 2.05) is 12.1 Å². The smallest absolute Gasteiger partial charge is 0.340 e. The predicted molar refractivity (Wildman–Crippen MR) is 86.6 cm³/mol. The molecule has 1 aromatic rings. The third-order valence-electron chi connectivity index (χ3n) is 4.40. The van der Waals surface area contributed by atoms with Crippen LogP contribution in [0.3, 0.4) is 0 Å². The molecule has 1 fully saturated rings. The molecule has 1 aliphatic rings. The zero-order valence-corrected chi connectivity index (χ0v) is 13.3. The minimum Gasteiger partial charge on any atom is -0.462 e. The summed E-state index contributed by atoms with van der Waals surface area (Å²) in [5.74, 6) is 1.18. The summed E-state index contributed by atoms with van der Waals surface area (Å²) in [5, 5.41) is 0. The first kappa shape index (κ1) is 15.7. The van der Waals surface area contributed by atoms with Gasteiger partial charge in [0.25, 0.3) is 0 Å². The average Bonchev–Trinajstić information content (AvgIpc) is 2.48. The lowest BCUT2D eigenvalue weighted by molar-refractivity contribution is 0.0527. The van der Waals surface area contributed by atoms with E-state index in [9.17, 15) is 4.79 Å². The molecular formula is C17H26N2O2. The number of rotatable bonds is 4. The zero-order valence-electron chi connectivity index (χ0n) is 13.3. The standard InChI is InChI=1S/C17H26N2O2/c1-4-21-17(20)14-6-5-7-15(16(14)18)19-10-8-13(9-11-19)12(2)3/h5-7,12-13H,4,8-11,18H2,1-3H3. The van der Waals surface area contributed by atoms with Gasteiger partial charge in [-0.05, 0) is 43.7 Å². The normalized spacial score (nSPS) is 16.3. The Kier molecular flexibility index (Phi) is 5.10. The molecule has 0 saturated carbocycles. The molecule has 4 nitrogen and oxygen atoms in total. The molecule has 0 aromatic heterocycles. The number of benzene rings is 1. The van der Waals surface area contributed by atoms with Gasteiger partial charge in [0.1, 0.15) is 0 Å². The maximum absolute atomic E-state index is 11.9. The van der Waals surface area contributed by atoms with E-state index < -0.39 is 0 Å². The Morgan fingerprint density at radius 3 is 2.62 bits per heavy atom. The van der Waals surface area contributed by atoms with Gasteiger partial charge in [-0.1, -0.05) is 19.9 Å². The van der Waals surface area contributed by atoms with Crippen LogP contribution in [0.1, 0.15) is 44.0 Å². The summed E-state index contributed by atoms with van der Waals surface area (Å²) < 4.78 is 5.06. The van der Waals surface area contributed by atoms with Crippen molar-refractivity contribution in [2.45, 2.75) is 33.6 Å². The van der Waals surface area contributed by atoms with Crippen LogP contribution >= 0.6 is 0 Å². The molecule has 2 rings (SSSR count). The van der Waals surface area contributed by atoms with Crippen molar-refractivity contribution in [2.24, 2.45) is 11.8 Å². The van der Waals surface area contributed by atoms with Crippen LogP contribution in [0, 0.1) is 11.8 Å². The fraction of sp³-hybridized carbons (Fsp3) is 0.588. The largest absolute Gasteiger partial charge is 0.462 e. The van der Waals surface area contributed by atoms with Crippen LogP contribution in [-0.2, 0) is 4.74 Å². The number of piperidine rings is 1. The molecule has 1 aromatic carbocycles. The van der Waals surface area contributed by atoms with Crippen LogP contribution in [0.25, 0.3) is 0 Å². The molecule has 0 aliphatic carbocycles. The van der Waals surface area contributed by atoms with Gasteiger partial charge in [0.15, 0.2) is 0 Å². The number of esters is 1. The molecule has 0 unspecified atom stereocenters. The number of hydrogen-bond donors (Lipinski definition) is 1. The van der Waals surface area contributed by atoms with Crippen molar-refractivity contribution in [3.8, 4) is 0 Å². The van der Waals surface area contributed by atoms with E-state index in [1.54, 1.807) is 13.0 Å². The summed E-state index contributed by atoms with van der Waals surface area (Å²) in [6.45, 7) is 8.74. The van der Waals surface area contributed by atoms with E-state index in [0.29, 0.717) is 17.9 Å². The van der Waals surface area contributed by atoms with E-state index in [0.717, 1.165) is 30.6 Å². The number of nitrogens with two attached hydrogens (primary N) is 1. The third-order valence-corrected chi connectivity index (χ3v) is 4.40. The van der Waals surface area contributed by atoms with E-state index >= 15 is 0 Å². The lowest BCUT2D eigenvalue weighted by atomic mass is 9.86. The molecule has 0 bridgehead atoms. The van der Waals surface area contributed by atoms with E-state index in [4.69, 9.17) is 10.5 Å².